The summed E-state index contributed by atoms with van der Waals surface area (Å²) >= 11 is 0. The highest BCUT2D eigenvalue weighted by Gasteiger charge is 2.16. The SMILES string of the molecule is CCCN1CCN(c2ccnc(NN)c2)CC1. The van der Waals surface area contributed by atoms with Crippen LogP contribution in [0, 0.1) is 0 Å². The van der Waals surface area contributed by atoms with E-state index >= 15 is 0 Å². The Balaban J connectivity index is 1.95. The van der Waals surface area contributed by atoms with Crippen molar-refractivity contribution in [3.05, 3.63) is 18.3 Å². The minimum absolute atomic E-state index is 0.721. The molecule has 0 amide bonds. The number of nitrogens with one attached hydrogen (secondary N) is 1. The number of nitrogens with two attached hydrogens (primary N) is 1. The van der Waals surface area contributed by atoms with Crippen LogP contribution in [0.5, 0.6) is 0 Å². The predicted molar refractivity (Wildman–Crippen MR) is 71.0 cm³/mol. The Morgan fingerprint density at radius 3 is 2.76 bits per heavy atom. The molecule has 1 aromatic heterocycles. The van der Waals surface area contributed by atoms with E-state index < -0.39 is 0 Å². The summed E-state index contributed by atoms with van der Waals surface area (Å²) in [5.74, 6) is 6.09. The molecule has 0 saturated carbocycles. The molecule has 2 heterocycles. The lowest BCUT2D eigenvalue weighted by Crippen LogP contribution is -2.46. The summed E-state index contributed by atoms with van der Waals surface area (Å²) in [5.41, 5.74) is 3.79. The maximum Gasteiger partial charge on any atom is 0.141 e. The number of hydrazine groups is 1. The molecule has 2 rings (SSSR count). The number of hydrogen-bond donors (Lipinski definition) is 2. The number of anilines is 2. The van der Waals surface area contributed by atoms with Gasteiger partial charge in [-0.25, -0.2) is 10.8 Å². The second-order valence-corrected chi connectivity index (χ2v) is 4.37. The molecule has 0 aromatic carbocycles. The number of nitrogens with zero attached hydrogens (tertiary/aromatic N) is 3. The summed E-state index contributed by atoms with van der Waals surface area (Å²) in [6.45, 7) is 7.87. The third-order valence-corrected chi connectivity index (χ3v) is 3.17. The van der Waals surface area contributed by atoms with E-state index in [1.54, 1.807) is 6.20 Å². The Hall–Kier alpha value is -1.33. The van der Waals surface area contributed by atoms with Crippen LogP contribution in [0.1, 0.15) is 13.3 Å². The van der Waals surface area contributed by atoms with Gasteiger partial charge in [-0.3, -0.25) is 4.90 Å². The van der Waals surface area contributed by atoms with Gasteiger partial charge in [-0.15, -0.1) is 0 Å². The van der Waals surface area contributed by atoms with Gasteiger partial charge in [-0.2, -0.15) is 0 Å². The first-order valence-corrected chi connectivity index (χ1v) is 6.23. The third-order valence-electron chi connectivity index (χ3n) is 3.17. The zero-order chi connectivity index (χ0) is 12.1. The quantitative estimate of drug-likeness (QED) is 0.600. The molecule has 0 radical (unpaired) electrons. The minimum Gasteiger partial charge on any atom is -0.369 e. The first-order chi connectivity index (χ1) is 8.33. The minimum atomic E-state index is 0.721. The van der Waals surface area contributed by atoms with Gasteiger partial charge in [0, 0.05) is 44.1 Å². The Bertz CT molecular complexity index is 347. The maximum absolute atomic E-state index is 5.37. The van der Waals surface area contributed by atoms with Crippen LogP contribution in [0.25, 0.3) is 0 Å². The summed E-state index contributed by atoms with van der Waals surface area (Å²) < 4.78 is 0. The van der Waals surface area contributed by atoms with E-state index in [-0.39, 0.29) is 0 Å². The average molecular weight is 235 g/mol. The van der Waals surface area contributed by atoms with E-state index in [1.807, 2.05) is 12.1 Å². The largest absolute Gasteiger partial charge is 0.369 e. The molecule has 5 heteroatoms. The van der Waals surface area contributed by atoms with Crippen molar-refractivity contribution in [1.82, 2.24) is 9.88 Å². The molecule has 0 aliphatic carbocycles. The summed E-state index contributed by atoms with van der Waals surface area (Å²) in [7, 11) is 0. The van der Waals surface area contributed by atoms with E-state index in [9.17, 15) is 0 Å². The zero-order valence-corrected chi connectivity index (χ0v) is 10.4. The van der Waals surface area contributed by atoms with Crippen molar-refractivity contribution < 1.29 is 0 Å². The van der Waals surface area contributed by atoms with Crippen LogP contribution in [0.4, 0.5) is 11.5 Å². The average Bonchev–Trinajstić information content (AvgIpc) is 2.40. The van der Waals surface area contributed by atoms with Crippen LogP contribution in [0.2, 0.25) is 0 Å². The summed E-state index contributed by atoms with van der Waals surface area (Å²) in [6.07, 6.45) is 3.03. The fourth-order valence-corrected chi connectivity index (χ4v) is 2.24. The number of pyridine rings is 1. The number of nitrogen functional groups attached to an aromatic ring is 1. The van der Waals surface area contributed by atoms with Crippen LogP contribution in [0.3, 0.4) is 0 Å². The second kappa shape index (κ2) is 5.84. The third kappa shape index (κ3) is 3.08. The first kappa shape index (κ1) is 12.1. The van der Waals surface area contributed by atoms with Gasteiger partial charge in [-0.05, 0) is 19.0 Å². The molecule has 1 fully saturated rings. The molecule has 17 heavy (non-hydrogen) atoms. The molecule has 0 spiro atoms. The molecule has 94 valence electrons. The summed E-state index contributed by atoms with van der Waals surface area (Å²) in [4.78, 5) is 9.02. The molecule has 0 unspecified atom stereocenters. The number of hydrogen-bond acceptors (Lipinski definition) is 5. The van der Waals surface area contributed by atoms with Gasteiger partial charge in [-0.1, -0.05) is 6.92 Å². The van der Waals surface area contributed by atoms with Crippen molar-refractivity contribution in [1.29, 1.82) is 0 Å². The fourth-order valence-electron chi connectivity index (χ4n) is 2.24. The van der Waals surface area contributed by atoms with Gasteiger partial charge in [0.1, 0.15) is 5.82 Å². The van der Waals surface area contributed by atoms with Gasteiger partial charge < -0.3 is 10.3 Å². The number of rotatable bonds is 4. The van der Waals surface area contributed by atoms with Crippen LogP contribution >= 0.6 is 0 Å². The lowest BCUT2D eigenvalue weighted by atomic mass is 10.2. The van der Waals surface area contributed by atoms with Gasteiger partial charge in [0.05, 0.1) is 0 Å². The Morgan fingerprint density at radius 1 is 1.35 bits per heavy atom. The van der Waals surface area contributed by atoms with Gasteiger partial charge >= 0.3 is 0 Å². The normalized spacial score (nSPS) is 17.2. The molecule has 0 bridgehead atoms. The molecule has 1 aliphatic heterocycles. The van der Waals surface area contributed by atoms with E-state index in [1.165, 1.54) is 18.7 Å². The molecule has 5 nitrogen and oxygen atoms in total. The van der Waals surface area contributed by atoms with Crippen molar-refractivity contribution in [3.8, 4) is 0 Å². The molecule has 1 aliphatic rings. The monoisotopic (exact) mass is 235 g/mol. The lowest BCUT2D eigenvalue weighted by Gasteiger charge is -2.36. The number of piperazine rings is 1. The summed E-state index contributed by atoms with van der Waals surface area (Å²) in [6, 6.07) is 4.03. The van der Waals surface area contributed by atoms with Crippen LogP contribution in [-0.4, -0.2) is 42.6 Å². The highest BCUT2D eigenvalue weighted by atomic mass is 15.3. The lowest BCUT2D eigenvalue weighted by molar-refractivity contribution is 0.258. The Kier molecular flexibility index (Phi) is 4.17. The van der Waals surface area contributed by atoms with E-state index in [0.717, 1.165) is 32.0 Å². The highest BCUT2D eigenvalue weighted by molar-refractivity contribution is 5.53. The first-order valence-electron chi connectivity index (χ1n) is 6.23. The highest BCUT2D eigenvalue weighted by Crippen LogP contribution is 2.18. The van der Waals surface area contributed by atoms with E-state index in [2.05, 4.69) is 27.1 Å². The predicted octanol–water partition coefficient (Wildman–Crippen LogP) is 0.899. The number of aromatic nitrogens is 1. The van der Waals surface area contributed by atoms with E-state index in [0.29, 0.717) is 0 Å². The van der Waals surface area contributed by atoms with Crippen molar-refractivity contribution >= 4 is 11.5 Å². The Labute approximate surface area is 103 Å². The summed E-state index contributed by atoms with van der Waals surface area (Å²) in [5, 5.41) is 0. The zero-order valence-electron chi connectivity index (χ0n) is 10.4. The molecule has 1 aromatic rings. The van der Waals surface area contributed by atoms with Crippen LogP contribution in [0.15, 0.2) is 18.3 Å². The second-order valence-electron chi connectivity index (χ2n) is 4.37. The molecule has 1 saturated heterocycles. The van der Waals surface area contributed by atoms with Crippen molar-refractivity contribution in [2.45, 2.75) is 13.3 Å². The maximum atomic E-state index is 5.37. The smallest absolute Gasteiger partial charge is 0.141 e. The van der Waals surface area contributed by atoms with Crippen LogP contribution < -0.4 is 16.2 Å². The van der Waals surface area contributed by atoms with Gasteiger partial charge in [0.2, 0.25) is 0 Å². The van der Waals surface area contributed by atoms with Crippen molar-refractivity contribution in [3.63, 3.8) is 0 Å². The van der Waals surface area contributed by atoms with Crippen molar-refractivity contribution in [2.75, 3.05) is 43.0 Å². The van der Waals surface area contributed by atoms with Crippen molar-refractivity contribution in [2.24, 2.45) is 5.84 Å². The standard InChI is InChI=1S/C12H21N5/c1-2-5-16-6-8-17(9-7-16)11-3-4-14-12(10-11)15-13/h3-4,10H,2,5-9,13H2,1H3,(H,14,15). The fraction of sp³-hybridized carbons (Fsp3) is 0.583. The molecule has 0 atom stereocenters. The van der Waals surface area contributed by atoms with E-state index in [4.69, 9.17) is 5.84 Å². The molecular weight excluding hydrogens is 214 g/mol. The Morgan fingerprint density at radius 2 is 2.12 bits per heavy atom. The van der Waals surface area contributed by atoms with Gasteiger partial charge in [0.15, 0.2) is 0 Å². The van der Waals surface area contributed by atoms with Gasteiger partial charge in [0.25, 0.3) is 0 Å². The topological polar surface area (TPSA) is 57.4 Å². The molecule has 3 N–H and O–H groups in total. The van der Waals surface area contributed by atoms with Crippen LogP contribution in [-0.2, 0) is 0 Å². The molecular formula is C12H21N5.